The lowest BCUT2D eigenvalue weighted by Crippen LogP contribution is -2.44. The van der Waals surface area contributed by atoms with Gasteiger partial charge in [-0.1, -0.05) is 6.07 Å². The number of nitrogens with one attached hydrogen (secondary N) is 1. The Labute approximate surface area is 115 Å². The summed E-state index contributed by atoms with van der Waals surface area (Å²) in [6.45, 7) is 6.38. The van der Waals surface area contributed by atoms with Crippen molar-refractivity contribution >= 4 is 43.0 Å². The predicted octanol–water partition coefficient (Wildman–Crippen LogP) is 2.07. The van der Waals surface area contributed by atoms with Gasteiger partial charge in [-0.25, -0.2) is 4.98 Å². The maximum Gasteiger partial charge on any atom is 0.131 e. The van der Waals surface area contributed by atoms with E-state index in [0.717, 1.165) is 32.0 Å². The normalized spacial score (nSPS) is 14.2. The maximum atomic E-state index is 4.40. The highest BCUT2D eigenvalue weighted by Crippen LogP contribution is 2.15. The Morgan fingerprint density at radius 2 is 1.81 bits per heavy atom. The largest absolute Gasteiger partial charge is 0.354 e. The molecule has 1 aliphatic rings. The van der Waals surface area contributed by atoms with Crippen molar-refractivity contribution in [2.45, 2.75) is 6.92 Å². The molecule has 94 valence electrons. The number of halogens is 3. The fourth-order valence-electron chi connectivity index (χ4n) is 1.69. The van der Waals surface area contributed by atoms with E-state index in [9.17, 15) is 0 Å². The lowest BCUT2D eigenvalue weighted by molar-refractivity contribution is 0.584. The Morgan fingerprint density at radius 1 is 1.19 bits per heavy atom. The average molecular weight is 287 g/mol. The van der Waals surface area contributed by atoms with Gasteiger partial charge in [-0.05, 0) is 18.6 Å². The van der Waals surface area contributed by atoms with Gasteiger partial charge in [0.1, 0.15) is 5.82 Å². The molecule has 6 heteroatoms. The van der Waals surface area contributed by atoms with Crippen LogP contribution in [0.5, 0.6) is 0 Å². The molecule has 1 fully saturated rings. The minimum Gasteiger partial charge on any atom is -0.354 e. The minimum absolute atomic E-state index is 0. The zero-order valence-electron chi connectivity index (χ0n) is 9.18. The van der Waals surface area contributed by atoms with Crippen LogP contribution in [0.3, 0.4) is 0 Å². The van der Waals surface area contributed by atoms with Crippen molar-refractivity contribution in [2.24, 2.45) is 0 Å². The second-order valence-corrected chi connectivity index (χ2v) is 3.38. The van der Waals surface area contributed by atoms with Crippen LogP contribution in [0, 0.1) is 6.92 Å². The third kappa shape index (κ3) is 4.34. The summed E-state index contributed by atoms with van der Waals surface area (Å²) in [4.78, 5) is 6.74. The monoisotopic (exact) mass is 285 g/mol. The summed E-state index contributed by atoms with van der Waals surface area (Å²) in [5, 5.41) is 3.33. The van der Waals surface area contributed by atoms with Crippen molar-refractivity contribution in [3.63, 3.8) is 0 Å². The quantitative estimate of drug-likeness (QED) is 0.857. The first kappa shape index (κ1) is 18.2. The van der Waals surface area contributed by atoms with Crippen molar-refractivity contribution in [1.82, 2.24) is 10.3 Å². The Morgan fingerprint density at radius 3 is 2.38 bits per heavy atom. The number of aromatic nitrogens is 1. The van der Waals surface area contributed by atoms with Gasteiger partial charge in [-0.2, -0.15) is 0 Å². The second kappa shape index (κ2) is 8.88. The fourth-order valence-corrected chi connectivity index (χ4v) is 1.69. The van der Waals surface area contributed by atoms with Crippen molar-refractivity contribution in [3.05, 3.63) is 23.9 Å². The first-order valence-electron chi connectivity index (χ1n) is 4.75. The number of nitrogens with zero attached hydrogens (tertiary/aromatic N) is 2. The van der Waals surface area contributed by atoms with Crippen LogP contribution in [0.15, 0.2) is 18.3 Å². The number of anilines is 1. The van der Waals surface area contributed by atoms with Gasteiger partial charge in [0.15, 0.2) is 0 Å². The second-order valence-electron chi connectivity index (χ2n) is 3.38. The van der Waals surface area contributed by atoms with Crippen LogP contribution in [0.25, 0.3) is 0 Å². The van der Waals surface area contributed by atoms with Crippen molar-refractivity contribution in [1.29, 1.82) is 0 Å². The predicted molar refractivity (Wildman–Crippen MR) is 75.8 cm³/mol. The fraction of sp³-hybridized carbons (Fsp3) is 0.500. The summed E-state index contributed by atoms with van der Waals surface area (Å²) in [6, 6.07) is 4.10. The number of rotatable bonds is 1. The summed E-state index contributed by atoms with van der Waals surface area (Å²) in [6.07, 6.45) is 1.87. The van der Waals surface area contributed by atoms with E-state index in [1.165, 1.54) is 5.56 Å². The Bertz CT molecular complexity index is 290. The molecule has 0 bridgehead atoms. The zero-order chi connectivity index (χ0) is 9.10. The number of hydrogen-bond donors (Lipinski definition) is 1. The molecule has 0 aliphatic carbocycles. The van der Waals surface area contributed by atoms with E-state index in [-0.39, 0.29) is 37.2 Å². The molecule has 1 saturated heterocycles. The number of pyridine rings is 1. The van der Waals surface area contributed by atoms with E-state index in [1.807, 2.05) is 12.3 Å². The van der Waals surface area contributed by atoms with Crippen LogP contribution >= 0.6 is 37.2 Å². The standard InChI is InChI=1S/C10H15N3.3ClH/c1-9-3-2-4-12-10(9)13-7-5-11-6-8-13;;;/h2-4,11H,5-8H2,1H3;3*1H. The maximum absolute atomic E-state index is 4.40. The average Bonchev–Trinajstić information content (AvgIpc) is 2.20. The minimum atomic E-state index is 0. The van der Waals surface area contributed by atoms with Gasteiger partial charge >= 0.3 is 0 Å². The van der Waals surface area contributed by atoms with Crippen LogP contribution in [0.4, 0.5) is 5.82 Å². The SMILES string of the molecule is Cc1cccnc1N1CCNCC1.Cl.Cl.Cl. The van der Waals surface area contributed by atoms with Crippen LogP contribution in [-0.2, 0) is 0 Å². The topological polar surface area (TPSA) is 28.2 Å². The molecule has 1 aliphatic heterocycles. The van der Waals surface area contributed by atoms with E-state index in [0.29, 0.717) is 0 Å². The van der Waals surface area contributed by atoms with Gasteiger partial charge < -0.3 is 10.2 Å². The smallest absolute Gasteiger partial charge is 0.131 e. The van der Waals surface area contributed by atoms with E-state index < -0.39 is 0 Å². The number of hydrogen-bond acceptors (Lipinski definition) is 3. The van der Waals surface area contributed by atoms with Gasteiger partial charge in [0.2, 0.25) is 0 Å². The molecule has 3 nitrogen and oxygen atoms in total. The van der Waals surface area contributed by atoms with E-state index in [1.54, 1.807) is 0 Å². The molecule has 16 heavy (non-hydrogen) atoms. The van der Waals surface area contributed by atoms with E-state index >= 15 is 0 Å². The van der Waals surface area contributed by atoms with Crippen molar-refractivity contribution < 1.29 is 0 Å². The Hall–Kier alpha value is -0.220. The van der Waals surface area contributed by atoms with Crippen molar-refractivity contribution in [2.75, 3.05) is 31.1 Å². The molecule has 0 amide bonds. The summed E-state index contributed by atoms with van der Waals surface area (Å²) < 4.78 is 0. The third-order valence-electron chi connectivity index (χ3n) is 2.40. The molecule has 2 heterocycles. The molecule has 0 unspecified atom stereocenters. The molecule has 1 aromatic rings. The van der Waals surface area contributed by atoms with Gasteiger partial charge in [0.05, 0.1) is 0 Å². The highest BCUT2D eigenvalue weighted by Gasteiger charge is 2.12. The van der Waals surface area contributed by atoms with Gasteiger partial charge in [-0.3, -0.25) is 0 Å². The summed E-state index contributed by atoms with van der Waals surface area (Å²) in [5.74, 6) is 1.14. The highest BCUT2D eigenvalue weighted by molar-refractivity contribution is 5.86. The number of piperazine rings is 1. The molecule has 0 saturated carbocycles. The Balaban J connectivity index is 0. The third-order valence-corrected chi connectivity index (χ3v) is 2.40. The van der Waals surface area contributed by atoms with Crippen LogP contribution in [-0.4, -0.2) is 31.2 Å². The Kier molecular flexibility index (Phi) is 10.1. The molecule has 1 N–H and O–H groups in total. The lowest BCUT2D eigenvalue weighted by Gasteiger charge is -2.29. The van der Waals surface area contributed by atoms with Crippen molar-refractivity contribution in [3.8, 4) is 0 Å². The highest BCUT2D eigenvalue weighted by atomic mass is 35.5. The van der Waals surface area contributed by atoms with Crippen LogP contribution in [0.1, 0.15) is 5.56 Å². The molecule has 0 atom stereocenters. The summed E-state index contributed by atoms with van der Waals surface area (Å²) in [7, 11) is 0. The molecular weight excluding hydrogens is 268 g/mol. The lowest BCUT2D eigenvalue weighted by atomic mass is 10.2. The molecular formula is C10H18Cl3N3. The van der Waals surface area contributed by atoms with Crippen LogP contribution < -0.4 is 10.2 Å². The zero-order valence-corrected chi connectivity index (χ0v) is 11.6. The van der Waals surface area contributed by atoms with Gasteiger partial charge in [-0.15, -0.1) is 37.2 Å². The first-order chi connectivity index (χ1) is 6.38. The van der Waals surface area contributed by atoms with E-state index in [2.05, 4.69) is 28.2 Å². The summed E-state index contributed by atoms with van der Waals surface area (Å²) in [5.41, 5.74) is 1.27. The van der Waals surface area contributed by atoms with Gasteiger partial charge in [0.25, 0.3) is 0 Å². The molecule has 0 radical (unpaired) electrons. The van der Waals surface area contributed by atoms with E-state index in [4.69, 9.17) is 0 Å². The molecule has 0 spiro atoms. The van der Waals surface area contributed by atoms with Crippen LogP contribution in [0.2, 0.25) is 0 Å². The molecule has 2 rings (SSSR count). The molecule has 1 aromatic heterocycles. The number of aryl methyl sites for hydroxylation is 1. The summed E-state index contributed by atoms with van der Waals surface area (Å²) >= 11 is 0. The van der Waals surface area contributed by atoms with Gasteiger partial charge in [0, 0.05) is 32.4 Å². The first-order valence-corrected chi connectivity index (χ1v) is 4.75. The molecule has 0 aromatic carbocycles.